The lowest BCUT2D eigenvalue weighted by Gasteiger charge is -2.57. The van der Waals surface area contributed by atoms with Crippen LogP contribution in [-0.4, -0.2) is 11.1 Å². The smallest absolute Gasteiger partial charge is 0.303 e. The minimum atomic E-state index is -0.643. The number of carbonyl (C=O) groups is 1. The molecule has 22 heavy (non-hydrogen) atoms. The van der Waals surface area contributed by atoms with E-state index < -0.39 is 5.97 Å². The molecule has 0 aromatic carbocycles. The van der Waals surface area contributed by atoms with Crippen LogP contribution in [-0.2, 0) is 4.79 Å². The maximum atomic E-state index is 10.4. The van der Waals surface area contributed by atoms with Gasteiger partial charge in [0.2, 0.25) is 0 Å². The molecule has 0 aliphatic heterocycles. The fourth-order valence-electron chi connectivity index (χ4n) is 6.26. The van der Waals surface area contributed by atoms with E-state index in [0.717, 1.165) is 36.0 Å². The molecule has 4 aliphatic carbocycles. The van der Waals surface area contributed by atoms with Crippen LogP contribution in [0.25, 0.3) is 0 Å². The Balaban J connectivity index is 1.24. The van der Waals surface area contributed by atoms with Gasteiger partial charge in [-0.25, -0.2) is 0 Å². The second-order valence-corrected chi connectivity index (χ2v) is 8.79. The van der Waals surface area contributed by atoms with E-state index in [1.165, 1.54) is 38.5 Å². The van der Waals surface area contributed by atoms with Crippen molar-refractivity contribution in [2.75, 3.05) is 0 Å². The minimum absolute atomic E-state index is 0.353. The van der Waals surface area contributed by atoms with Crippen LogP contribution >= 0.6 is 0 Å². The van der Waals surface area contributed by atoms with Crippen LogP contribution in [0.1, 0.15) is 96.3 Å². The van der Waals surface area contributed by atoms with Crippen LogP contribution in [0, 0.1) is 23.2 Å². The van der Waals surface area contributed by atoms with Crippen molar-refractivity contribution in [1.82, 2.24) is 0 Å². The van der Waals surface area contributed by atoms with E-state index in [4.69, 9.17) is 5.11 Å². The van der Waals surface area contributed by atoms with Gasteiger partial charge in [0.1, 0.15) is 0 Å². The van der Waals surface area contributed by atoms with Gasteiger partial charge >= 0.3 is 5.97 Å². The summed E-state index contributed by atoms with van der Waals surface area (Å²) in [4.78, 5) is 10.4. The zero-order chi connectivity index (χ0) is 15.4. The molecule has 4 fully saturated rings. The highest BCUT2D eigenvalue weighted by atomic mass is 16.4. The Kier molecular flexibility index (Phi) is 5.46. The Hall–Kier alpha value is -0.530. The summed E-state index contributed by atoms with van der Waals surface area (Å²) in [6.07, 6.45) is 20.0. The topological polar surface area (TPSA) is 37.3 Å². The molecule has 1 N–H and O–H groups in total. The second kappa shape index (κ2) is 7.36. The molecule has 0 unspecified atom stereocenters. The first kappa shape index (κ1) is 16.3. The van der Waals surface area contributed by atoms with Gasteiger partial charge in [0.05, 0.1) is 0 Å². The Morgan fingerprint density at radius 1 is 0.773 bits per heavy atom. The van der Waals surface area contributed by atoms with Gasteiger partial charge in [0.25, 0.3) is 0 Å². The Bertz CT molecular complexity index is 339. The van der Waals surface area contributed by atoms with Crippen molar-refractivity contribution in [3.63, 3.8) is 0 Å². The average molecular weight is 306 g/mol. The van der Waals surface area contributed by atoms with Gasteiger partial charge in [0.15, 0.2) is 0 Å². The van der Waals surface area contributed by atoms with Gasteiger partial charge in [-0.15, -0.1) is 0 Å². The maximum Gasteiger partial charge on any atom is 0.303 e. The zero-order valence-corrected chi connectivity index (χ0v) is 14.2. The normalized spacial score (nSPS) is 35.9. The lowest BCUT2D eigenvalue weighted by Crippen LogP contribution is -2.45. The summed E-state index contributed by atoms with van der Waals surface area (Å²) in [5.41, 5.74) is 0.774. The predicted octanol–water partition coefficient (Wildman–Crippen LogP) is 5.80. The van der Waals surface area contributed by atoms with E-state index in [2.05, 4.69) is 0 Å². The SMILES string of the molecule is O=C(O)CCCCCCCCCC12CC3CC(CC(C3)C1)C2. The molecule has 2 heteroatoms. The van der Waals surface area contributed by atoms with Crippen molar-refractivity contribution >= 4 is 5.97 Å². The van der Waals surface area contributed by atoms with Crippen LogP contribution in [0.3, 0.4) is 0 Å². The number of unbranched alkanes of at least 4 members (excludes halogenated alkanes) is 6. The first-order valence-electron chi connectivity index (χ1n) is 9.87. The van der Waals surface area contributed by atoms with Crippen LogP contribution in [0.5, 0.6) is 0 Å². The monoisotopic (exact) mass is 306 g/mol. The van der Waals surface area contributed by atoms with Crippen LogP contribution in [0.4, 0.5) is 0 Å². The summed E-state index contributed by atoms with van der Waals surface area (Å²) in [6.45, 7) is 0. The van der Waals surface area contributed by atoms with Gasteiger partial charge in [0, 0.05) is 6.42 Å². The van der Waals surface area contributed by atoms with Crippen molar-refractivity contribution in [2.24, 2.45) is 23.2 Å². The third-order valence-electron chi connectivity index (χ3n) is 6.76. The van der Waals surface area contributed by atoms with E-state index in [0.29, 0.717) is 6.42 Å². The van der Waals surface area contributed by atoms with Crippen molar-refractivity contribution in [3.05, 3.63) is 0 Å². The second-order valence-electron chi connectivity index (χ2n) is 8.79. The molecule has 0 aromatic heterocycles. The van der Waals surface area contributed by atoms with Crippen molar-refractivity contribution in [1.29, 1.82) is 0 Å². The number of hydrogen-bond donors (Lipinski definition) is 1. The molecular weight excluding hydrogens is 272 g/mol. The summed E-state index contributed by atoms with van der Waals surface area (Å²) in [7, 11) is 0. The standard InChI is InChI=1S/C20H34O2/c21-19(22)8-6-4-2-1-3-5-7-9-20-13-16-10-17(14-20)12-18(11-16)15-20/h16-18H,1-15H2,(H,21,22). The van der Waals surface area contributed by atoms with Gasteiger partial charge in [-0.1, -0.05) is 38.5 Å². The number of carboxylic acid groups (broad SMARTS) is 1. The predicted molar refractivity (Wildman–Crippen MR) is 89.8 cm³/mol. The van der Waals surface area contributed by atoms with Gasteiger partial charge in [-0.3, -0.25) is 4.79 Å². The zero-order valence-electron chi connectivity index (χ0n) is 14.2. The highest BCUT2D eigenvalue weighted by Crippen LogP contribution is 2.61. The molecule has 0 heterocycles. The number of hydrogen-bond acceptors (Lipinski definition) is 1. The van der Waals surface area contributed by atoms with Gasteiger partial charge in [-0.05, 0) is 74.5 Å². The molecule has 0 radical (unpaired) electrons. The molecule has 0 atom stereocenters. The van der Waals surface area contributed by atoms with Crippen LogP contribution in [0.15, 0.2) is 0 Å². The molecule has 126 valence electrons. The minimum Gasteiger partial charge on any atom is -0.481 e. The molecule has 0 aromatic rings. The van der Waals surface area contributed by atoms with E-state index in [9.17, 15) is 4.79 Å². The largest absolute Gasteiger partial charge is 0.481 e. The van der Waals surface area contributed by atoms with E-state index in [-0.39, 0.29) is 0 Å². The van der Waals surface area contributed by atoms with Crippen LogP contribution < -0.4 is 0 Å². The summed E-state index contributed by atoms with van der Waals surface area (Å²) >= 11 is 0. The summed E-state index contributed by atoms with van der Waals surface area (Å²) in [5, 5.41) is 8.60. The van der Waals surface area contributed by atoms with E-state index in [1.54, 1.807) is 38.5 Å². The van der Waals surface area contributed by atoms with Gasteiger partial charge in [-0.2, -0.15) is 0 Å². The fraction of sp³-hybridized carbons (Fsp3) is 0.950. The summed E-state index contributed by atoms with van der Waals surface area (Å²) < 4.78 is 0. The van der Waals surface area contributed by atoms with E-state index in [1.807, 2.05) is 0 Å². The molecule has 0 amide bonds. The molecule has 4 rings (SSSR count). The number of aliphatic carboxylic acids is 1. The Morgan fingerprint density at radius 3 is 1.73 bits per heavy atom. The Morgan fingerprint density at radius 2 is 1.23 bits per heavy atom. The van der Waals surface area contributed by atoms with Crippen molar-refractivity contribution < 1.29 is 9.90 Å². The average Bonchev–Trinajstić information content (AvgIpc) is 2.43. The lowest BCUT2D eigenvalue weighted by molar-refractivity contribution is -0.137. The number of carboxylic acids is 1. The quantitative estimate of drug-likeness (QED) is 0.518. The highest BCUT2D eigenvalue weighted by molar-refractivity contribution is 5.66. The molecule has 0 saturated heterocycles. The number of rotatable bonds is 10. The summed E-state index contributed by atoms with van der Waals surface area (Å²) in [5.74, 6) is 2.65. The third-order valence-corrected chi connectivity index (χ3v) is 6.76. The highest BCUT2D eigenvalue weighted by Gasteiger charge is 2.50. The molecule has 0 spiro atoms. The van der Waals surface area contributed by atoms with E-state index >= 15 is 0 Å². The lowest BCUT2D eigenvalue weighted by atomic mass is 9.48. The summed E-state index contributed by atoms with van der Waals surface area (Å²) in [6, 6.07) is 0. The molecule has 2 nitrogen and oxygen atoms in total. The maximum absolute atomic E-state index is 10.4. The molecule has 4 saturated carbocycles. The first-order valence-corrected chi connectivity index (χ1v) is 9.87. The van der Waals surface area contributed by atoms with Crippen molar-refractivity contribution in [3.8, 4) is 0 Å². The fourth-order valence-corrected chi connectivity index (χ4v) is 6.26. The van der Waals surface area contributed by atoms with Crippen LogP contribution in [0.2, 0.25) is 0 Å². The van der Waals surface area contributed by atoms with Gasteiger partial charge < -0.3 is 5.11 Å². The molecular formula is C20H34O2. The molecule has 4 aliphatic rings. The Labute approximate surface area is 136 Å². The first-order chi connectivity index (χ1) is 10.7. The van der Waals surface area contributed by atoms with Crippen molar-refractivity contribution in [2.45, 2.75) is 96.3 Å². The molecule has 4 bridgehead atoms. The third kappa shape index (κ3) is 4.26.